The summed E-state index contributed by atoms with van der Waals surface area (Å²) in [5, 5.41) is 2.19. The summed E-state index contributed by atoms with van der Waals surface area (Å²) in [4.78, 5) is 5.65. The monoisotopic (exact) mass is 375 g/mol. The van der Waals surface area contributed by atoms with Gasteiger partial charge in [-0.1, -0.05) is 27.5 Å². The zero-order valence-electron chi connectivity index (χ0n) is 11.5. The maximum Gasteiger partial charge on any atom is 0.180 e. The summed E-state index contributed by atoms with van der Waals surface area (Å²) in [6.07, 6.45) is 0. The Morgan fingerprint density at radius 3 is 2.65 bits per heavy atom. The summed E-state index contributed by atoms with van der Waals surface area (Å²) in [7, 11) is 1.61. The van der Waals surface area contributed by atoms with Crippen molar-refractivity contribution in [1.82, 2.24) is 4.98 Å². The van der Waals surface area contributed by atoms with E-state index in [0.29, 0.717) is 28.5 Å². The molecule has 0 aliphatic heterocycles. The van der Waals surface area contributed by atoms with Crippen molar-refractivity contribution in [3.8, 4) is 11.5 Å². The average molecular weight is 377 g/mol. The van der Waals surface area contributed by atoms with Crippen LogP contribution in [0.4, 0.5) is 0 Å². The van der Waals surface area contributed by atoms with Gasteiger partial charge < -0.3 is 9.47 Å². The van der Waals surface area contributed by atoms with Gasteiger partial charge in [0.1, 0.15) is 11.6 Å². The molecule has 0 N–H and O–H groups in total. The third-order valence-electron chi connectivity index (χ3n) is 2.86. The lowest BCUT2D eigenvalue weighted by atomic mass is 10.2. The minimum atomic E-state index is 0.392. The van der Waals surface area contributed by atoms with Gasteiger partial charge in [-0.25, -0.2) is 4.98 Å². The first-order valence-electron chi connectivity index (χ1n) is 6.03. The molecule has 0 amide bonds. The second-order valence-corrected chi connectivity index (χ2v) is 6.54. The van der Waals surface area contributed by atoms with Gasteiger partial charge in [0.15, 0.2) is 11.5 Å². The third-order valence-corrected chi connectivity index (χ3v) is 4.83. The van der Waals surface area contributed by atoms with Crippen molar-refractivity contribution in [3.63, 3.8) is 0 Å². The highest BCUT2D eigenvalue weighted by atomic mass is 79.9. The molecule has 1 heterocycles. The fourth-order valence-corrected chi connectivity index (χ4v) is 3.18. The van der Waals surface area contributed by atoms with Gasteiger partial charge in [0.2, 0.25) is 0 Å². The normalized spacial score (nSPS) is 10.7. The summed E-state index contributed by atoms with van der Waals surface area (Å²) in [5.41, 5.74) is 2.08. The third kappa shape index (κ3) is 3.45. The number of benzene rings is 1. The molecule has 1 aromatic carbocycles. The van der Waals surface area contributed by atoms with Crippen LogP contribution in [0.3, 0.4) is 0 Å². The molecule has 2 aromatic rings. The number of hydrogen-bond acceptors (Lipinski definition) is 4. The summed E-state index contributed by atoms with van der Waals surface area (Å²) in [6.45, 7) is 4.44. The number of aryl methyl sites for hydroxylation is 2. The van der Waals surface area contributed by atoms with Crippen LogP contribution in [0.2, 0.25) is 5.02 Å². The molecule has 0 atom stereocenters. The maximum atomic E-state index is 6.25. The summed E-state index contributed by atoms with van der Waals surface area (Å²) in [5.74, 6) is 1.20. The van der Waals surface area contributed by atoms with E-state index in [4.69, 9.17) is 21.1 Å². The van der Waals surface area contributed by atoms with Crippen molar-refractivity contribution in [2.24, 2.45) is 0 Å². The van der Waals surface area contributed by atoms with E-state index in [0.717, 1.165) is 16.3 Å². The fraction of sp³-hybridized carbons (Fsp3) is 0.357. The number of alkyl halides is 1. The number of halogens is 2. The minimum absolute atomic E-state index is 0.392. The molecule has 0 aliphatic carbocycles. The van der Waals surface area contributed by atoms with Crippen molar-refractivity contribution >= 4 is 38.9 Å². The van der Waals surface area contributed by atoms with Gasteiger partial charge in [-0.05, 0) is 31.5 Å². The number of aromatic nitrogens is 1. The molecule has 2 rings (SSSR count). The first-order chi connectivity index (χ1) is 9.55. The second kappa shape index (κ2) is 6.78. The molecule has 0 fully saturated rings. The molecule has 3 nitrogen and oxygen atoms in total. The zero-order chi connectivity index (χ0) is 14.7. The molecule has 0 saturated carbocycles. The Balaban J connectivity index is 2.20. The Hall–Kier alpha value is -0.780. The van der Waals surface area contributed by atoms with E-state index in [1.54, 1.807) is 18.4 Å². The van der Waals surface area contributed by atoms with Crippen LogP contribution in [0.15, 0.2) is 12.1 Å². The molecule has 6 heteroatoms. The minimum Gasteiger partial charge on any atom is -0.493 e. The highest BCUT2D eigenvalue weighted by Gasteiger charge is 2.13. The average Bonchev–Trinajstić information content (AvgIpc) is 2.75. The SMILES string of the molecule is COc1cc(CBr)cc(Cl)c1OCc1nc(C)c(C)s1. The first-order valence-corrected chi connectivity index (χ1v) is 8.34. The van der Waals surface area contributed by atoms with E-state index in [1.807, 2.05) is 19.1 Å². The molecule has 108 valence electrons. The van der Waals surface area contributed by atoms with Crippen LogP contribution in [0.1, 0.15) is 21.1 Å². The van der Waals surface area contributed by atoms with Gasteiger partial charge in [0, 0.05) is 10.2 Å². The van der Waals surface area contributed by atoms with Crippen molar-refractivity contribution in [2.75, 3.05) is 7.11 Å². The zero-order valence-corrected chi connectivity index (χ0v) is 14.7. The van der Waals surface area contributed by atoms with Crippen LogP contribution in [0, 0.1) is 13.8 Å². The highest BCUT2D eigenvalue weighted by Crippen LogP contribution is 2.37. The van der Waals surface area contributed by atoms with Gasteiger partial charge in [-0.15, -0.1) is 11.3 Å². The van der Waals surface area contributed by atoms with Crippen LogP contribution in [-0.4, -0.2) is 12.1 Å². The van der Waals surface area contributed by atoms with Gasteiger partial charge in [-0.3, -0.25) is 0 Å². The number of thiazole rings is 1. The van der Waals surface area contributed by atoms with Crippen molar-refractivity contribution < 1.29 is 9.47 Å². The standard InChI is InChI=1S/C14H15BrClNO2S/c1-8-9(2)20-13(17-8)7-19-14-11(16)4-10(6-15)5-12(14)18-3/h4-5H,6-7H2,1-3H3. The van der Waals surface area contributed by atoms with E-state index in [9.17, 15) is 0 Å². The van der Waals surface area contributed by atoms with Gasteiger partial charge in [-0.2, -0.15) is 0 Å². The molecule has 0 saturated heterocycles. The Bertz CT molecular complexity index is 596. The largest absolute Gasteiger partial charge is 0.493 e. The molecule has 1 aromatic heterocycles. The lowest BCUT2D eigenvalue weighted by molar-refractivity contribution is 0.284. The quantitative estimate of drug-likeness (QED) is 0.696. The Kier molecular flexibility index (Phi) is 5.29. The van der Waals surface area contributed by atoms with Gasteiger partial charge in [0.25, 0.3) is 0 Å². The van der Waals surface area contributed by atoms with Crippen LogP contribution in [0.5, 0.6) is 11.5 Å². The first kappa shape index (κ1) is 15.6. The van der Waals surface area contributed by atoms with Crippen LogP contribution < -0.4 is 9.47 Å². The molecule has 0 aliphatic rings. The molecule has 0 spiro atoms. The topological polar surface area (TPSA) is 31.4 Å². The van der Waals surface area contributed by atoms with Crippen molar-refractivity contribution in [2.45, 2.75) is 25.8 Å². The Morgan fingerprint density at radius 2 is 2.10 bits per heavy atom. The van der Waals surface area contributed by atoms with E-state index < -0.39 is 0 Å². The molecular weight excluding hydrogens is 362 g/mol. The molecule has 0 radical (unpaired) electrons. The van der Waals surface area contributed by atoms with E-state index in [-0.39, 0.29) is 0 Å². The number of hydrogen-bond donors (Lipinski definition) is 0. The molecule has 0 unspecified atom stereocenters. The lowest BCUT2D eigenvalue weighted by Gasteiger charge is -2.12. The highest BCUT2D eigenvalue weighted by molar-refractivity contribution is 9.08. The predicted molar refractivity (Wildman–Crippen MR) is 86.6 cm³/mol. The maximum absolute atomic E-state index is 6.25. The van der Waals surface area contributed by atoms with Crippen LogP contribution >= 0.6 is 38.9 Å². The van der Waals surface area contributed by atoms with Crippen LogP contribution in [-0.2, 0) is 11.9 Å². The number of ether oxygens (including phenoxy) is 2. The molecule has 20 heavy (non-hydrogen) atoms. The molecule has 0 bridgehead atoms. The second-order valence-electron chi connectivity index (χ2n) is 4.28. The fourth-order valence-electron chi connectivity index (χ4n) is 1.73. The Morgan fingerprint density at radius 1 is 1.35 bits per heavy atom. The number of rotatable bonds is 5. The summed E-state index contributed by atoms with van der Waals surface area (Å²) >= 11 is 11.3. The number of methoxy groups -OCH3 is 1. The van der Waals surface area contributed by atoms with Gasteiger partial charge in [0.05, 0.1) is 17.8 Å². The smallest absolute Gasteiger partial charge is 0.180 e. The van der Waals surface area contributed by atoms with Crippen molar-refractivity contribution in [1.29, 1.82) is 0 Å². The van der Waals surface area contributed by atoms with E-state index >= 15 is 0 Å². The van der Waals surface area contributed by atoms with Crippen LogP contribution in [0.25, 0.3) is 0 Å². The number of nitrogens with zero attached hydrogens (tertiary/aromatic N) is 1. The van der Waals surface area contributed by atoms with E-state index in [2.05, 4.69) is 27.8 Å². The van der Waals surface area contributed by atoms with Gasteiger partial charge >= 0.3 is 0 Å². The lowest BCUT2D eigenvalue weighted by Crippen LogP contribution is -1.99. The van der Waals surface area contributed by atoms with E-state index in [1.165, 1.54) is 4.88 Å². The summed E-state index contributed by atoms with van der Waals surface area (Å²) < 4.78 is 11.1. The predicted octanol–water partition coefficient (Wildman–Crippen LogP) is 4.90. The molecular formula is C14H15BrClNO2S. The summed E-state index contributed by atoms with van der Waals surface area (Å²) in [6, 6.07) is 3.78. The Labute approximate surface area is 136 Å². The van der Waals surface area contributed by atoms with Crippen molar-refractivity contribution in [3.05, 3.63) is 38.3 Å².